The van der Waals surface area contributed by atoms with Crippen molar-refractivity contribution in [1.82, 2.24) is 9.88 Å². The van der Waals surface area contributed by atoms with Crippen molar-refractivity contribution in [1.29, 1.82) is 0 Å². The maximum absolute atomic E-state index is 6.81. The highest BCUT2D eigenvalue weighted by molar-refractivity contribution is 6.27. The van der Waals surface area contributed by atoms with Gasteiger partial charge in [0.1, 0.15) is 34.3 Å². The first-order chi connectivity index (χ1) is 29.7. The lowest BCUT2D eigenvalue weighted by molar-refractivity contribution is 0.581. The van der Waals surface area contributed by atoms with Gasteiger partial charge in [-0.1, -0.05) is 140 Å². The molecule has 60 heavy (non-hydrogen) atoms. The molecule has 2 aliphatic heterocycles. The van der Waals surface area contributed by atoms with Crippen molar-refractivity contribution in [3.05, 3.63) is 204 Å². The fourth-order valence-corrected chi connectivity index (χ4v) is 10.5. The molecule has 2 bridgehead atoms. The van der Waals surface area contributed by atoms with Gasteiger partial charge < -0.3 is 18.7 Å². The lowest BCUT2D eigenvalue weighted by Gasteiger charge is -2.41. The molecule has 14 rings (SSSR count). The summed E-state index contributed by atoms with van der Waals surface area (Å²) in [4.78, 5) is 11.5. The Morgan fingerprint density at radius 3 is 2.10 bits per heavy atom. The summed E-state index contributed by atoms with van der Waals surface area (Å²) in [5.41, 5.74) is 8.43. The highest BCUT2D eigenvalue weighted by Gasteiger charge is 2.49. The lowest BCUT2D eigenvalue weighted by atomic mass is 9.77. The molecule has 6 heteroatoms. The van der Waals surface area contributed by atoms with Gasteiger partial charge in [-0.05, 0) is 69.6 Å². The average molecular weight is 769 g/mol. The minimum Gasteiger partial charge on any atom is -0.456 e. The second-order valence-corrected chi connectivity index (χ2v) is 16.1. The van der Waals surface area contributed by atoms with Gasteiger partial charge in [0, 0.05) is 49.0 Å². The first-order valence-corrected chi connectivity index (χ1v) is 20.4. The number of aromatic nitrogens is 1. The summed E-state index contributed by atoms with van der Waals surface area (Å²) in [6.07, 6.45) is -0.498. The van der Waals surface area contributed by atoms with Gasteiger partial charge >= 0.3 is 0 Å². The molecule has 0 radical (unpaired) electrons. The van der Waals surface area contributed by atoms with Gasteiger partial charge in [0.05, 0.1) is 11.0 Å². The fourth-order valence-electron chi connectivity index (χ4n) is 10.5. The molecular formula is C54H32N4O2. The Morgan fingerprint density at radius 1 is 0.483 bits per heavy atom. The van der Waals surface area contributed by atoms with E-state index in [-0.39, 0.29) is 0 Å². The number of fused-ring (bicyclic) bond motifs is 11. The molecule has 12 aromatic rings. The van der Waals surface area contributed by atoms with Crippen LogP contribution >= 0.6 is 0 Å². The molecule has 0 spiro atoms. The maximum Gasteiger partial charge on any atom is 0.163 e. The van der Waals surface area contributed by atoms with E-state index >= 15 is 0 Å². The lowest BCUT2D eigenvalue weighted by Crippen LogP contribution is -2.48. The Kier molecular flexibility index (Phi) is 6.19. The quantitative estimate of drug-likeness (QED) is 0.195. The highest BCUT2D eigenvalue weighted by atomic mass is 16.3. The molecule has 0 saturated carbocycles. The Bertz CT molecular complexity index is 3900. The second kappa shape index (κ2) is 11.6. The maximum atomic E-state index is 6.81. The molecular weight excluding hydrogens is 737 g/mol. The zero-order valence-corrected chi connectivity index (χ0v) is 32.1. The van der Waals surface area contributed by atoms with E-state index in [4.69, 9.17) is 18.8 Å². The van der Waals surface area contributed by atoms with Gasteiger partial charge in [-0.2, -0.15) is 0 Å². The highest BCUT2D eigenvalue weighted by Crippen LogP contribution is 2.51. The number of rotatable bonds is 3. The van der Waals surface area contributed by atoms with E-state index in [9.17, 15) is 0 Å². The van der Waals surface area contributed by atoms with E-state index in [0.29, 0.717) is 5.84 Å². The van der Waals surface area contributed by atoms with E-state index < -0.39 is 11.7 Å². The Hall–Kier alpha value is -7.96. The van der Waals surface area contributed by atoms with Crippen LogP contribution in [0.2, 0.25) is 0 Å². The third-order valence-electron chi connectivity index (χ3n) is 13.0. The number of hydrogen-bond acceptors (Lipinski definition) is 5. The number of aliphatic imine (C=N–C) groups is 2. The van der Waals surface area contributed by atoms with Crippen LogP contribution in [0, 0.1) is 0 Å². The van der Waals surface area contributed by atoms with E-state index in [2.05, 4.69) is 180 Å². The van der Waals surface area contributed by atoms with E-state index in [1.165, 1.54) is 21.5 Å². The SMILES string of the molecule is c1ccc2cc(C3(n4c5ccccc5c5c6ccccc6ccc54)C4=NC(c5ccc6c(c5)oc5ccccc56)NC(=N4)c4cccc5oc6cccc3c6c45)ccc2c1. The molecule has 2 unspecified atom stereocenters. The number of amidine groups is 2. The standard InChI is InChI=1S/C54H32N4O2/c1-2-13-33-29-35(26-23-31(33)11-1)54(58-42-19-7-5-16-39(42)48-36-14-4-3-12-32(36)25-28-43(48)58)41-18-10-22-46-50(41)49-40(17-9-21-45(49)60-46)52-55-51(56-53(54)57-52)34-24-27-38-37-15-6-8-20-44(37)59-47(38)30-34/h1-30,51H,(H,55,56,57). The number of benzene rings is 9. The molecule has 1 N–H and O–H groups in total. The summed E-state index contributed by atoms with van der Waals surface area (Å²) >= 11 is 0. The fraction of sp³-hybridized carbons (Fsp3) is 0.0370. The molecule has 0 aliphatic carbocycles. The molecule has 9 aromatic carbocycles. The van der Waals surface area contributed by atoms with Crippen molar-refractivity contribution in [3.8, 4) is 0 Å². The molecule has 6 nitrogen and oxygen atoms in total. The molecule has 0 fully saturated rings. The van der Waals surface area contributed by atoms with Crippen molar-refractivity contribution in [2.45, 2.75) is 11.7 Å². The van der Waals surface area contributed by atoms with Gasteiger partial charge in [0.25, 0.3) is 0 Å². The summed E-state index contributed by atoms with van der Waals surface area (Å²) in [5, 5.41) is 15.1. The van der Waals surface area contributed by atoms with Crippen LogP contribution in [-0.2, 0) is 5.54 Å². The summed E-state index contributed by atoms with van der Waals surface area (Å²) in [5.74, 6) is 1.42. The van der Waals surface area contributed by atoms with Crippen molar-refractivity contribution >= 4 is 98.9 Å². The van der Waals surface area contributed by atoms with Gasteiger partial charge in [-0.15, -0.1) is 0 Å². The van der Waals surface area contributed by atoms with E-state index in [0.717, 1.165) is 93.8 Å². The van der Waals surface area contributed by atoms with Crippen molar-refractivity contribution < 1.29 is 8.83 Å². The van der Waals surface area contributed by atoms with E-state index in [1.54, 1.807) is 0 Å². The van der Waals surface area contributed by atoms with Crippen molar-refractivity contribution in [3.63, 3.8) is 0 Å². The van der Waals surface area contributed by atoms with E-state index in [1.807, 2.05) is 12.1 Å². The van der Waals surface area contributed by atoms with Crippen LogP contribution < -0.4 is 5.32 Å². The van der Waals surface area contributed by atoms with Gasteiger partial charge in [-0.3, -0.25) is 0 Å². The van der Waals surface area contributed by atoms with Crippen LogP contribution in [0.4, 0.5) is 0 Å². The van der Waals surface area contributed by atoms with Crippen LogP contribution in [0.15, 0.2) is 201 Å². The molecule has 0 amide bonds. The third kappa shape index (κ3) is 4.11. The van der Waals surface area contributed by atoms with Crippen LogP contribution in [0.3, 0.4) is 0 Å². The third-order valence-corrected chi connectivity index (χ3v) is 13.0. The topological polar surface area (TPSA) is 68.0 Å². The minimum atomic E-state index is -1.10. The first kappa shape index (κ1) is 32.0. The molecule has 2 aliphatic rings. The van der Waals surface area contributed by atoms with Gasteiger partial charge in [-0.25, -0.2) is 9.98 Å². The second-order valence-electron chi connectivity index (χ2n) is 16.1. The molecule has 3 aromatic heterocycles. The normalized spacial score (nSPS) is 17.6. The average Bonchev–Trinajstić information content (AvgIpc) is 3.99. The van der Waals surface area contributed by atoms with Gasteiger partial charge in [0.2, 0.25) is 0 Å². The summed E-state index contributed by atoms with van der Waals surface area (Å²) < 4.78 is 15.8. The van der Waals surface area contributed by atoms with Gasteiger partial charge in [0.15, 0.2) is 11.4 Å². The Morgan fingerprint density at radius 2 is 1.18 bits per heavy atom. The zero-order chi connectivity index (χ0) is 39.1. The van der Waals surface area contributed by atoms with Crippen LogP contribution in [0.25, 0.3) is 87.2 Å². The zero-order valence-electron chi connectivity index (χ0n) is 32.1. The molecule has 5 heterocycles. The first-order valence-electron chi connectivity index (χ1n) is 20.4. The van der Waals surface area contributed by atoms with Crippen LogP contribution in [-0.4, -0.2) is 16.2 Å². The van der Waals surface area contributed by atoms with Crippen LogP contribution in [0.5, 0.6) is 0 Å². The predicted octanol–water partition coefficient (Wildman–Crippen LogP) is 13.2. The molecule has 2 atom stereocenters. The molecule has 280 valence electrons. The Labute approximate surface area is 342 Å². The number of furan rings is 2. The monoisotopic (exact) mass is 768 g/mol. The smallest absolute Gasteiger partial charge is 0.163 e. The molecule has 0 saturated heterocycles. The van der Waals surface area contributed by atoms with Crippen molar-refractivity contribution in [2.75, 3.05) is 0 Å². The number of para-hydroxylation sites is 2. The minimum absolute atomic E-state index is 0.498. The van der Waals surface area contributed by atoms with Crippen molar-refractivity contribution in [2.24, 2.45) is 9.98 Å². The van der Waals surface area contributed by atoms with Crippen LogP contribution in [0.1, 0.15) is 28.4 Å². The predicted molar refractivity (Wildman–Crippen MR) is 244 cm³/mol. The summed E-state index contributed by atoms with van der Waals surface area (Å²) in [6, 6.07) is 64.9. The Balaban J connectivity index is 1.19. The summed E-state index contributed by atoms with van der Waals surface area (Å²) in [6.45, 7) is 0. The number of nitrogens with one attached hydrogen (secondary N) is 1. The summed E-state index contributed by atoms with van der Waals surface area (Å²) in [7, 11) is 0. The number of nitrogens with zero attached hydrogens (tertiary/aromatic N) is 3. The number of hydrogen-bond donors (Lipinski definition) is 1. The largest absolute Gasteiger partial charge is 0.456 e.